The Bertz CT molecular complexity index is 458. The van der Waals surface area contributed by atoms with Crippen LogP contribution in [0.15, 0.2) is 24.3 Å². The number of benzene rings is 1. The lowest BCUT2D eigenvalue weighted by atomic mass is 9.76. The van der Waals surface area contributed by atoms with E-state index in [-0.39, 0.29) is 11.4 Å². The second-order valence-electron chi connectivity index (χ2n) is 5.87. The third kappa shape index (κ3) is 3.31. The van der Waals surface area contributed by atoms with Gasteiger partial charge in [0.15, 0.2) is 0 Å². The molecule has 1 aromatic carbocycles. The van der Waals surface area contributed by atoms with Crippen LogP contribution in [0.1, 0.15) is 43.0 Å². The number of rotatable bonds is 4. The van der Waals surface area contributed by atoms with Crippen molar-refractivity contribution in [3.05, 3.63) is 29.8 Å². The molecule has 0 aromatic heterocycles. The Morgan fingerprint density at radius 3 is 2.70 bits per heavy atom. The molecule has 4 heteroatoms. The number of carbonyl (C=O) groups is 1. The number of methoxy groups -OCH3 is 1. The Kier molecular flexibility index (Phi) is 4.65. The van der Waals surface area contributed by atoms with Crippen LogP contribution in [0.3, 0.4) is 0 Å². The van der Waals surface area contributed by atoms with Crippen molar-refractivity contribution in [1.29, 1.82) is 0 Å². The van der Waals surface area contributed by atoms with Crippen LogP contribution in [-0.4, -0.2) is 25.1 Å². The minimum Gasteiger partial charge on any atom is -0.497 e. The molecule has 1 saturated carbocycles. The quantitative estimate of drug-likeness (QED) is 0.887. The standard InChI is InChI=1S/C16H24N2O2/c1-12-4-3-9-16(10-12,11-17)18-15(19)13-5-7-14(20-2)8-6-13/h5-8,12H,3-4,9-11,17H2,1-2H3,(H,18,19). The van der Waals surface area contributed by atoms with Gasteiger partial charge in [-0.25, -0.2) is 0 Å². The minimum atomic E-state index is -0.241. The van der Waals surface area contributed by atoms with Gasteiger partial charge in [-0.05, 0) is 43.0 Å². The third-order valence-electron chi connectivity index (χ3n) is 4.21. The van der Waals surface area contributed by atoms with Crippen molar-refractivity contribution in [2.45, 2.75) is 38.1 Å². The van der Waals surface area contributed by atoms with Crippen molar-refractivity contribution in [3.63, 3.8) is 0 Å². The molecular formula is C16H24N2O2. The number of nitrogens with two attached hydrogens (primary N) is 1. The van der Waals surface area contributed by atoms with Crippen LogP contribution in [0.5, 0.6) is 5.75 Å². The van der Waals surface area contributed by atoms with E-state index in [0.717, 1.165) is 25.0 Å². The summed E-state index contributed by atoms with van der Waals surface area (Å²) in [4.78, 5) is 12.4. The molecule has 0 spiro atoms. The first-order valence-electron chi connectivity index (χ1n) is 7.25. The highest BCUT2D eigenvalue weighted by atomic mass is 16.5. The van der Waals surface area contributed by atoms with Gasteiger partial charge in [0.2, 0.25) is 0 Å². The Labute approximate surface area is 120 Å². The molecule has 1 amide bonds. The fourth-order valence-electron chi connectivity index (χ4n) is 3.07. The number of amides is 1. The van der Waals surface area contributed by atoms with Crippen molar-refractivity contribution in [3.8, 4) is 5.75 Å². The average Bonchev–Trinajstić information content (AvgIpc) is 2.47. The Hall–Kier alpha value is -1.55. The second kappa shape index (κ2) is 6.27. The van der Waals surface area contributed by atoms with Gasteiger partial charge in [-0.3, -0.25) is 4.79 Å². The van der Waals surface area contributed by atoms with Crippen molar-refractivity contribution in [1.82, 2.24) is 5.32 Å². The van der Waals surface area contributed by atoms with Gasteiger partial charge in [0.1, 0.15) is 5.75 Å². The molecule has 1 aliphatic rings. The lowest BCUT2D eigenvalue weighted by Crippen LogP contribution is -2.56. The van der Waals surface area contributed by atoms with Crippen molar-refractivity contribution < 1.29 is 9.53 Å². The summed E-state index contributed by atoms with van der Waals surface area (Å²) in [5.41, 5.74) is 6.35. The molecule has 3 N–H and O–H groups in total. The van der Waals surface area contributed by atoms with E-state index in [4.69, 9.17) is 10.5 Å². The number of hydrogen-bond donors (Lipinski definition) is 2. The number of nitrogens with one attached hydrogen (secondary N) is 1. The summed E-state index contributed by atoms with van der Waals surface area (Å²) in [6, 6.07) is 7.16. The summed E-state index contributed by atoms with van der Waals surface area (Å²) < 4.78 is 5.10. The largest absolute Gasteiger partial charge is 0.497 e. The Morgan fingerprint density at radius 1 is 1.45 bits per heavy atom. The maximum Gasteiger partial charge on any atom is 0.251 e. The topological polar surface area (TPSA) is 64.3 Å². The van der Waals surface area contributed by atoms with Crippen molar-refractivity contribution in [2.24, 2.45) is 11.7 Å². The smallest absolute Gasteiger partial charge is 0.251 e. The zero-order valence-corrected chi connectivity index (χ0v) is 12.3. The van der Waals surface area contributed by atoms with Gasteiger partial charge in [0, 0.05) is 12.1 Å². The second-order valence-corrected chi connectivity index (χ2v) is 5.87. The summed E-state index contributed by atoms with van der Waals surface area (Å²) in [6.45, 7) is 2.72. The van der Waals surface area contributed by atoms with Gasteiger partial charge in [-0.1, -0.05) is 19.8 Å². The van der Waals surface area contributed by atoms with Crippen LogP contribution in [0, 0.1) is 5.92 Å². The average molecular weight is 276 g/mol. The van der Waals surface area contributed by atoms with E-state index >= 15 is 0 Å². The van der Waals surface area contributed by atoms with Gasteiger partial charge in [-0.15, -0.1) is 0 Å². The normalized spacial score (nSPS) is 26.1. The zero-order chi connectivity index (χ0) is 14.6. The van der Waals surface area contributed by atoms with Crippen LogP contribution >= 0.6 is 0 Å². The van der Waals surface area contributed by atoms with E-state index in [1.54, 1.807) is 31.4 Å². The summed E-state index contributed by atoms with van der Waals surface area (Å²) in [5, 5.41) is 3.16. The maximum atomic E-state index is 12.4. The van der Waals surface area contributed by atoms with Gasteiger partial charge >= 0.3 is 0 Å². The predicted octanol–water partition coefficient (Wildman–Crippen LogP) is 2.33. The van der Waals surface area contributed by atoms with Crippen LogP contribution in [0.4, 0.5) is 0 Å². The van der Waals surface area contributed by atoms with Gasteiger partial charge in [0.05, 0.1) is 12.6 Å². The molecule has 0 saturated heterocycles. The first-order valence-corrected chi connectivity index (χ1v) is 7.25. The molecular weight excluding hydrogens is 252 g/mol. The summed E-state index contributed by atoms with van der Waals surface area (Å²) in [5.74, 6) is 1.32. The molecule has 0 aliphatic heterocycles. The molecule has 2 atom stereocenters. The summed E-state index contributed by atoms with van der Waals surface area (Å²) in [7, 11) is 1.61. The SMILES string of the molecule is COc1ccc(C(=O)NC2(CN)CCCC(C)C2)cc1. The highest BCUT2D eigenvalue weighted by Gasteiger charge is 2.35. The van der Waals surface area contributed by atoms with Crippen LogP contribution in [0.25, 0.3) is 0 Å². The van der Waals surface area contributed by atoms with E-state index in [2.05, 4.69) is 12.2 Å². The molecule has 20 heavy (non-hydrogen) atoms. The summed E-state index contributed by atoms with van der Waals surface area (Å²) in [6.07, 6.45) is 4.28. The van der Waals surface area contributed by atoms with Gasteiger partial charge < -0.3 is 15.8 Å². The highest BCUT2D eigenvalue weighted by molar-refractivity contribution is 5.94. The molecule has 4 nitrogen and oxygen atoms in total. The predicted molar refractivity (Wildman–Crippen MR) is 79.9 cm³/mol. The Balaban J connectivity index is 2.08. The monoisotopic (exact) mass is 276 g/mol. The number of ether oxygens (including phenoxy) is 1. The Morgan fingerprint density at radius 2 is 2.15 bits per heavy atom. The van der Waals surface area contributed by atoms with E-state index in [9.17, 15) is 4.79 Å². The molecule has 0 radical (unpaired) electrons. The summed E-state index contributed by atoms with van der Waals surface area (Å²) >= 11 is 0. The molecule has 1 aromatic rings. The molecule has 0 heterocycles. The van der Waals surface area contributed by atoms with Crippen molar-refractivity contribution >= 4 is 5.91 Å². The first-order chi connectivity index (χ1) is 9.58. The van der Waals surface area contributed by atoms with E-state index in [1.807, 2.05) is 0 Å². The fraction of sp³-hybridized carbons (Fsp3) is 0.562. The molecule has 1 fully saturated rings. The molecule has 2 rings (SSSR count). The lowest BCUT2D eigenvalue weighted by Gasteiger charge is -2.40. The lowest BCUT2D eigenvalue weighted by molar-refractivity contribution is 0.0854. The van der Waals surface area contributed by atoms with Gasteiger partial charge in [0.25, 0.3) is 5.91 Å². The van der Waals surface area contributed by atoms with Gasteiger partial charge in [-0.2, -0.15) is 0 Å². The maximum absolute atomic E-state index is 12.4. The molecule has 0 bridgehead atoms. The van der Waals surface area contributed by atoms with Crippen LogP contribution in [0.2, 0.25) is 0 Å². The van der Waals surface area contributed by atoms with Crippen LogP contribution < -0.4 is 15.8 Å². The molecule has 2 unspecified atom stereocenters. The number of carbonyl (C=O) groups excluding carboxylic acids is 1. The highest BCUT2D eigenvalue weighted by Crippen LogP contribution is 2.31. The van der Waals surface area contributed by atoms with E-state index in [0.29, 0.717) is 18.0 Å². The van der Waals surface area contributed by atoms with E-state index in [1.165, 1.54) is 6.42 Å². The minimum absolute atomic E-state index is 0.0489. The van der Waals surface area contributed by atoms with E-state index < -0.39 is 0 Å². The zero-order valence-electron chi connectivity index (χ0n) is 12.3. The molecule has 110 valence electrons. The fourth-order valence-corrected chi connectivity index (χ4v) is 3.07. The first kappa shape index (κ1) is 14.9. The van der Waals surface area contributed by atoms with Crippen LogP contribution in [-0.2, 0) is 0 Å². The molecule has 1 aliphatic carbocycles. The van der Waals surface area contributed by atoms with Crippen molar-refractivity contribution in [2.75, 3.05) is 13.7 Å². The third-order valence-corrected chi connectivity index (χ3v) is 4.21. The number of hydrogen-bond acceptors (Lipinski definition) is 3.